The first-order valence-electron chi connectivity index (χ1n) is 7.51. The van der Waals surface area contributed by atoms with Crippen LogP contribution in [0, 0.1) is 0 Å². The van der Waals surface area contributed by atoms with Crippen LogP contribution in [0.25, 0.3) is 0 Å². The molecule has 2 amide bonds. The van der Waals surface area contributed by atoms with Crippen LogP contribution in [0.5, 0.6) is 0 Å². The summed E-state index contributed by atoms with van der Waals surface area (Å²) in [4.78, 5) is 27.8. The normalized spacial score (nSPS) is 16.0. The Balaban J connectivity index is 1.63. The third-order valence-electron chi connectivity index (χ3n) is 3.69. The van der Waals surface area contributed by atoms with Gasteiger partial charge in [-0.2, -0.15) is 11.3 Å². The Labute approximate surface area is 129 Å². The SMILES string of the molecule is CCCC(=O)N1CCN(CCNC(=O)c2ccsc2)CC1. The molecule has 1 N–H and O–H groups in total. The largest absolute Gasteiger partial charge is 0.351 e. The molecular formula is C15H23N3O2S. The fourth-order valence-corrected chi connectivity index (χ4v) is 3.05. The van der Waals surface area contributed by atoms with Gasteiger partial charge in [0.15, 0.2) is 0 Å². The molecule has 1 fully saturated rings. The third-order valence-corrected chi connectivity index (χ3v) is 4.37. The van der Waals surface area contributed by atoms with E-state index in [1.54, 1.807) is 0 Å². The first-order chi connectivity index (χ1) is 10.2. The summed E-state index contributed by atoms with van der Waals surface area (Å²) in [5.74, 6) is 0.260. The van der Waals surface area contributed by atoms with Crippen molar-refractivity contribution in [2.24, 2.45) is 0 Å². The molecule has 1 aromatic heterocycles. The fraction of sp³-hybridized carbons (Fsp3) is 0.600. The van der Waals surface area contributed by atoms with Crippen molar-refractivity contribution in [1.29, 1.82) is 0 Å². The summed E-state index contributed by atoms with van der Waals surface area (Å²) in [5.41, 5.74) is 0.731. The third kappa shape index (κ3) is 4.82. The van der Waals surface area contributed by atoms with Gasteiger partial charge in [-0.3, -0.25) is 14.5 Å². The van der Waals surface area contributed by atoms with E-state index in [2.05, 4.69) is 10.2 Å². The van der Waals surface area contributed by atoms with E-state index in [4.69, 9.17) is 0 Å². The van der Waals surface area contributed by atoms with Crippen LogP contribution >= 0.6 is 11.3 Å². The van der Waals surface area contributed by atoms with Crippen molar-refractivity contribution in [3.8, 4) is 0 Å². The Hall–Kier alpha value is -1.40. The van der Waals surface area contributed by atoms with Crippen molar-refractivity contribution >= 4 is 23.2 Å². The number of hydrogen-bond donors (Lipinski definition) is 1. The predicted octanol–water partition coefficient (Wildman–Crippen LogP) is 1.42. The number of hydrogen-bond acceptors (Lipinski definition) is 4. The molecular weight excluding hydrogens is 286 g/mol. The van der Waals surface area contributed by atoms with Gasteiger partial charge in [0.2, 0.25) is 5.91 Å². The van der Waals surface area contributed by atoms with E-state index in [-0.39, 0.29) is 11.8 Å². The van der Waals surface area contributed by atoms with Gasteiger partial charge in [0.1, 0.15) is 0 Å². The topological polar surface area (TPSA) is 52.7 Å². The monoisotopic (exact) mass is 309 g/mol. The smallest absolute Gasteiger partial charge is 0.252 e. The molecule has 0 saturated carbocycles. The first kappa shape index (κ1) is 16.0. The Morgan fingerprint density at radius 1 is 1.29 bits per heavy atom. The van der Waals surface area contributed by atoms with Gasteiger partial charge in [-0.25, -0.2) is 0 Å². The minimum atomic E-state index is -0.00647. The number of carbonyl (C=O) groups excluding carboxylic acids is 2. The van der Waals surface area contributed by atoms with E-state index >= 15 is 0 Å². The quantitative estimate of drug-likeness (QED) is 0.865. The minimum Gasteiger partial charge on any atom is -0.351 e. The summed E-state index contributed by atoms with van der Waals surface area (Å²) in [5, 5.41) is 6.69. The van der Waals surface area contributed by atoms with Crippen LogP contribution < -0.4 is 5.32 Å². The Bertz CT molecular complexity index is 453. The fourth-order valence-electron chi connectivity index (χ4n) is 2.42. The molecule has 2 rings (SSSR count). The van der Waals surface area contributed by atoms with Crippen LogP contribution in [0.15, 0.2) is 16.8 Å². The zero-order valence-corrected chi connectivity index (χ0v) is 13.3. The van der Waals surface area contributed by atoms with Crippen molar-refractivity contribution < 1.29 is 9.59 Å². The number of amides is 2. The molecule has 1 aliphatic heterocycles. The van der Waals surface area contributed by atoms with Gasteiger partial charge in [-0.05, 0) is 17.9 Å². The Kier molecular flexibility index (Phi) is 6.20. The van der Waals surface area contributed by atoms with Crippen LogP contribution in [0.3, 0.4) is 0 Å². The maximum absolute atomic E-state index is 11.8. The van der Waals surface area contributed by atoms with Crippen molar-refractivity contribution in [2.75, 3.05) is 39.3 Å². The van der Waals surface area contributed by atoms with Gasteiger partial charge in [0.25, 0.3) is 5.91 Å². The lowest BCUT2D eigenvalue weighted by atomic mass is 10.2. The summed E-state index contributed by atoms with van der Waals surface area (Å²) < 4.78 is 0. The van der Waals surface area contributed by atoms with Crippen molar-refractivity contribution in [3.63, 3.8) is 0 Å². The lowest BCUT2D eigenvalue weighted by Crippen LogP contribution is -2.50. The van der Waals surface area contributed by atoms with E-state index in [0.717, 1.165) is 44.7 Å². The van der Waals surface area contributed by atoms with E-state index in [0.29, 0.717) is 13.0 Å². The average Bonchev–Trinajstić information content (AvgIpc) is 3.02. The van der Waals surface area contributed by atoms with Gasteiger partial charge < -0.3 is 10.2 Å². The molecule has 0 atom stereocenters. The molecule has 1 aromatic rings. The summed E-state index contributed by atoms with van der Waals surface area (Å²) in [6.07, 6.45) is 1.56. The van der Waals surface area contributed by atoms with Gasteiger partial charge >= 0.3 is 0 Å². The Morgan fingerprint density at radius 3 is 2.67 bits per heavy atom. The second kappa shape index (κ2) is 8.14. The molecule has 21 heavy (non-hydrogen) atoms. The van der Waals surface area contributed by atoms with Crippen molar-refractivity contribution in [2.45, 2.75) is 19.8 Å². The van der Waals surface area contributed by atoms with Crippen LogP contribution in [-0.2, 0) is 4.79 Å². The highest BCUT2D eigenvalue weighted by molar-refractivity contribution is 7.08. The molecule has 116 valence electrons. The highest BCUT2D eigenvalue weighted by Crippen LogP contribution is 2.06. The van der Waals surface area contributed by atoms with Crippen LogP contribution in [-0.4, -0.2) is 60.9 Å². The molecule has 1 saturated heterocycles. The van der Waals surface area contributed by atoms with E-state index in [9.17, 15) is 9.59 Å². The molecule has 0 aromatic carbocycles. The van der Waals surface area contributed by atoms with Crippen molar-refractivity contribution in [3.05, 3.63) is 22.4 Å². The summed E-state index contributed by atoms with van der Waals surface area (Å²) >= 11 is 1.53. The van der Waals surface area contributed by atoms with E-state index < -0.39 is 0 Å². The Morgan fingerprint density at radius 2 is 2.05 bits per heavy atom. The van der Waals surface area contributed by atoms with Crippen LogP contribution in [0.4, 0.5) is 0 Å². The molecule has 2 heterocycles. The van der Waals surface area contributed by atoms with Gasteiger partial charge in [0, 0.05) is 56.6 Å². The van der Waals surface area contributed by atoms with Crippen LogP contribution in [0.1, 0.15) is 30.1 Å². The highest BCUT2D eigenvalue weighted by atomic mass is 32.1. The second-order valence-corrected chi connectivity index (χ2v) is 6.02. The maximum atomic E-state index is 11.8. The highest BCUT2D eigenvalue weighted by Gasteiger charge is 2.20. The second-order valence-electron chi connectivity index (χ2n) is 5.24. The molecule has 1 aliphatic rings. The van der Waals surface area contributed by atoms with Gasteiger partial charge in [-0.15, -0.1) is 0 Å². The minimum absolute atomic E-state index is 0.00647. The lowest BCUT2D eigenvalue weighted by Gasteiger charge is -2.34. The summed E-state index contributed by atoms with van der Waals surface area (Å²) in [6, 6.07) is 1.83. The average molecular weight is 309 g/mol. The standard InChI is InChI=1S/C15H23N3O2S/c1-2-3-14(19)18-9-7-17(8-10-18)6-5-16-15(20)13-4-11-21-12-13/h4,11-12H,2-3,5-10H2,1H3,(H,16,20). The predicted molar refractivity (Wildman–Crippen MR) is 84.6 cm³/mol. The molecule has 0 spiro atoms. The number of piperazine rings is 1. The molecule has 0 bridgehead atoms. The maximum Gasteiger partial charge on any atom is 0.252 e. The number of thiophene rings is 1. The molecule has 6 heteroatoms. The van der Waals surface area contributed by atoms with Gasteiger partial charge in [-0.1, -0.05) is 6.92 Å². The number of nitrogens with zero attached hydrogens (tertiary/aromatic N) is 2. The lowest BCUT2D eigenvalue weighted by molar-refractivity contribution is -0.132. The first-order valence-corrected chi connectivity index (χ1v) is 8.45. The number of rotatable bonds is 6. The summed E-state index contributed by atoms with van der Waals surface area (Å²) in [7, 11) is 0. The number of carbonyl (C=O) groups is 2. The number of nitrogens with one attached hydrogen (secondary N) is 1. The molecule has 0 aliphatic carbocycles. The summed E-state index contributed by atoms with van der Waals surface area (Å²) in [6.45, 7) is 6.91. The van der Waals surface area contributed by atoms with Gasteiger partial charge in [0.05, 0.1) is 0 Å². The molecule has 5 nitrogen and oxygen atoms in total. The zero-order valence-electron chi connectivity index (χ0n) is 12.5. The molecule has 0 radical (unpaired) electrons. The molecule has 0 unspecified atom stereocenters. The van der Waals surface area contributed by atoms with Crippen molar-refractivity contribution in [1.82, 2.24) is 15.1 Å². The van der Waals surface area contributed by atoms with E-state index in [1.807, 2.05) is 28.7 Å². The zero-order chi connectivity index (χ0) is 15.1. The van der Waals surface area contributed by atoms with Crippen LogP contribution in [0.2, 0.25) is 0 Å². The van der Waals surface area contributed by atoms with E-state index in [1.165, 1.54) is 11.3 Å².